The average Bonchev–Trinajstić information content (AvgIpc) is 2.92. The van der Waals surface area contributed by atoms with Gasteiger partial charge in [0.1, 0.15) is 12.2 Å². The predicted molar refractivity (Wildman–Crippen MR) is 159 cm³/mol. The SMILES string of the molecule is CCCCC/C=C\C/C=C\CCCCCCCCC(O)C(=O)NC(CO)C(O)C(O)CCCCCCCC. The Kier molecular flexibility index (Phi) is 26.5. The van der Waals surface area contributed by atoms with Crippen LogP contribution in [0, 0.1) is 0 Å². The lowest BCUT2D eigenvalue weighted by Crippen LogP contribution is -2.53. The van der Waals surface area contributed by atoms with Crippen LogP contribution in [-0.2, 0) is 4.79 Å². The number of carbonyl (C=O) groups excluding carboxylic acids is 1. The Balaban J connectivity index is 3.86. The second-order valence-corrected chi connectivity index (χ2v) is 10.8. The topological polar surface area (TPSA) is 110 Å². The standard InChI is InChI=1S/C32H61NO5/c1-3-5-7-9-11-12-13-14-15-16-17-18-19-20-22-24-26-30(36)32(38)33-28(27-34)31(37)29(35)25-23-21-10-8-6-4-2/h11-12,14-15,28-31,34-37H,3-10,13,16-27H2,1-2H3,(H,33,38)/b12-11-,15-14-. The van der Waals surface area contributed by atoms with Crippen LogP contribution in [0.2, 0.25) is 0 Å². The third kappa shape index (κ3) is 21.7. The summed E-state index contributed by atoms with van der Waals surface area (Å²) in [4.78, 5) is 12.3. The molecule has 6 heteroatoms. The molecule has 0 aromatic rings. The van der Waals surface area contributed by atoms with Crippen molar-refractivity contribution in [1.82, 2.24) is 5.32 Å². The molecule has 0 rings (SSSR count). The molecule has 38 heavy (non-hydrogen) atoms. The Morgan fingerprint density at radius 2 is 1.13 bits per heavy atom. The number of hydrogen-bond donors (Lipinski definition) is 5. The van der Waals surface area contributed by atoms with Gasteiger partial charge in [-0.2, -0.15) is 0 Å². The fourth-order valence-electron chi connectivity index (χ4n) is 4.55. The summed E-state index contributed by atoms with van der Waals surface area (Å²) in [7, 11) is 0. The largest absolute Gasteiger partial charge is 0.394 e. The lowest BCUT2D eigenvalue weighted by atomic mass is 9.99. The van der Waals surface area contributed by atoms with Crippen molar-refractivity contribution in [3.05, 3.63) is 24.3 Å². The zero-order chi connectivity index (χ0) is 28.3. The smallest absolute Gasteiger partial charge is 0.249 e. The highest BCUT2D eigenvalue weighted by Gasteiger charge is 2.28. The molecule has 0 aromatic heterocycles. The van der Waals surface area contributed by atoms with Crippen molar-refractivity contribution in [2.75, 3.05) is 6.61 Å². The third-order valence-corrected chi connectivity index (χ3v) is 7.17. The summed E-state index contributed by atoms with van der Waals surface area (Å²) in [6.45, 7) is 3.91. The quantitative estimate of drug-likeness (QED) is 0.0604. The molecule has 0 heterocycles. The molecule has 4 unspecified atom stereocenters. The van der Waals surface area contributed by atoms with Gasteiger partial charge >= 0.3 is 0 Å². The van der Waals surface area contributed by atoms with E-state index < -0.39 is 36.9 Å². The molecule has 5 N–H and O–H groups in total. The zero-order valence-corrected chi connectivity index (χ0v) is 24.7. The molecule has 6 nitrogen and oxygen atoms in total. The van der Waals surface area contributed by atoms with Gasteiger partial charge in [0.05, 0.1) is 18.8 Å². The van der Waals surface area contributed by atoms with E-state index in [1.165, 1.54) is 57.8 Å². The molecule has 0 saturated carbocycles. The summed E-state index contributed by atoms with van der Waals surface area (Å²) in [6, 6.07) is -0.983. The van der Waals surface area contributed by atoms with Gasteiger partial charge in [0, 0.05) is 0 Å². The Morgan fingerprint density at radius 3 is 1.71 bits per heavy atom. The first-order valence-electron chi connectivity index (χ1n) is 15.7. The minimum absolute atomic E-state index is 0.356. The zero-order valence-electron chi connectivity index (χ0n) is 24.7. The van der Waals surface area contributed by atoms with E-state index in [-0.39, 0.29) is 0 Å². The molecule has 0 radical (unpaired) electrons. The van der Waals surface area contributed by atoms with Gasteiger partial charge in [-0.3, -0.25) is 4.79 Å². The van der Waals surface area contributed by atoms with Crippen LogP contribution >= 0.6 is 0 Å². The molecule has 224 valence electrons. The monoisotopic (exact) mass is 539 g/mol. The fourth-order valence-corrected chi connectivity index (χ4v) is 4.55. The van der Waals surface area contributed by atoms with Gasteiger partial charge in [-0.05, 0) is 44.9 Å². The Bertz CT molecular complexity index is 580. The normalized spacial score (nSPS) is 15.2. The molecular weight excluding hydrogens is 478 g/mol. The summed E-state index contributed by atoms with van der Waals surface area (Å²) < 4.78 is 0. The van der Waals surface area contributed by atoms with Crippen LogP contribution in [0.5, 0.6) is 0 Å². The van der Waals surface area contributed by atoms with Gasteiger partial charge in [0.25, 0.3) is 0 Å². The minimum atomic E-state index is -1.26. The van der Waals surface area contributed by atoms with Crippen LogP contribution < -0.4 is 5.32 Å². The molecule has 1 amide bonds. The molecule has 0 bridgehead atoms. The van der Waals surface area contributed by atoms with E-state index in [4.69, 9.17) is 0 Å². The van der Waals surface area contributed by atoms with Crippen molar-refractivity contribution in [2.24, 2.45) is 0 Å². The van der Waals surface area contributed by atoms with E-state index >= 15 is 0 Å². The summed E-state index contributed by atoms with van der Waals surface area (Å²) in [5.41, 5.74) is 0. The fraction of sp³-hybridized carbons (Fsp3) is 0.844. The van der Waals surface area contributed by atoms with Crippen molar-refractivity contribution in [3.63, 3.8) is 0 Å². The molecular formula is C32H61NO5. The Hall–Kier alpha value is -1.21. The van der Waals surface area contributed by atoms with E-state index in [2.05, 4.69) is 43.5 Å². The average molecular weight is 540 g/mol. The first kappa shape index (κ1) is 36.8. The van der Waals surface area contributed by atoms with Gasteiger partial charge < -0.3 is 25.7 Å². The lowest BCUT2D eigenvalue weighted by molar-refractivity contribution is -0.132. The summed E-state index contributed by atoms with van der Waals surface area (Å²) >= 11 is 0. The second-order valence-electron chi connectivity index (χ2n) is 10.8. The van der Waals surface area contributed by atoms with E-state index in [1.807, 2.05) is 0 Å². The first-order valence-corrected chi connectivity index (χ1v) is 15.7. The van der Waals surface area contributed by atoms with Crippen LogP contribution in [0.1, 0.15) is 142 Å². The molecule has 0 aliphatic rings. The summed E-state index contributed by atoms with van der Waals surface area (Å²) in [5, 5.41) is 42.9. The summed E-state index contributed by atoms with van der Waals surface area (Å²) in [5.74, 6) is -0.600. The van der Waals surface area contributed by atoms with Gasteiger partial charge in [-0.15, -0.1) is 0 Å². The lowest BCUT2D eigenvalue weighted by Gasteiger charge is -2.27. The summed E-state index contributed by atoms with van der Waals surface area (Å²) in [6.07, 6.45) is 26.5. The number of rotatable bonds is 27. The number of aliphatic hydroxyl groups is 4. The van der Waals surface area contributed by atoms with Crippen molar-refractivity contribution in [1.29, 1.82) is 0 Å². The Labute approximate surface area is 234 Å². The number of nitrogens with one attached hydrogen (secondary N) is 1. The van der Waals surface area contributed by atoms with Crippen molar-refractivity contribution in [3.8, 4) is 0 Å². The first-order chi connectivity index (χ1) is 18.5. The number of carbonyl (C=O) groups is 1. The van der Waals surface area contributed by atoms with Crippen LogP contribution in [0.3, 0.4) is 0 Å². The van der Waals surface area contributed by atoms with E-state index in [0.717, 1.165) is 57.8 Å². The van der Waals surface area contributed by atoms with Crippen LogP contribution in [0.15, 0.2) is 24.3 Å². The number of allylic oxidation sites excluding steroid dienone is 4. The molecule has 0 saturated heterocycles. The maximum Gasteiger partial charge on any atom is 0.249 e. The molecule has 0 aliphatic carbocycles. The highest BCUT2D eigenvalue weighted by molar-refractivity contribution is 5.80. The number of hydrogen-bond acceptors (Lipinski definition) is 5. The molecule has 0 aliphatic heterocycles. The molecule has 4 atom stereocenters. The van der Waals surface area contributed by atoms with Crippen LogP contribution in [0.25, 0.3) is 0 Å². The maximum atomic E-state index is 12.3. The van der Waals surface area contributed by atoms with Crippen molar-refractivity contribution in [2.45, 2.75) is 167 Å². The predicted octanol–water partition coefficient (Wildman–Crippen LogP) is 6.50. The number of unbranched alkanes of at least 4 members (excludes halogenated alkanes) is 14. The molecule has 0 spiro atoms. The molecule has 0 aromatic carbocycles. The van der Waals surface area contributed by atoms with Gasteiger partial charge in [0.2, 0.25) is 5.91 Å². The molecule has 0 fully saturated rings. The van der Waals surface area contributed by atoms with E-state index in [0.29, 0.717) is 12.8 Å². The third-order valence-electron chi connectivity index (χ3n) is 7.17. The highest BCUT2D eigenvalue weighted by atomic mass is 16.3. The minimum Gasteiger partial charge on any atom is -0.394 e. The Morgan fingerprint density at radius 1 is 0.658 bits per heavy atom. The van der Waals surface area contributed by atoms with Gasteiger partial charge in [0.15, 0.2) is 0 Å². The van der Waals surface area contributed by atoms with E-state index in [1.54, 1.807) is 0 Å². The van der Waals surface area contributed by atoms with Crippen LogP contribution in [-0.4, -0.2) is 57.3 Å². The van der Waals surface area contributed by atoms with Gasteiger partial charge in [-0.1, -0.05) is 122 Å². The number of aliphatic hydroxyl groups excluding tert-OH is 4. The highest BCUT2D eigenvalue weighted by Crippen LogP contribution is 2.14. The second kappa shape index (κ2) is 27.4. The number of amides is 1. The van der Waals surface area contributed by atoms with Crippen molar-refractivity contribution >= 4 is 5.91 Å². The maximum absolute atomic E-state index is 12.3. The van der Waals surface area contributed by atoms with Crippen molar-refractivity contribution < 1.29 is 25.2 Å². The van der Waals surface area contributed by atoms with Gasteiger partial charge in [-0.25, -0.2) is 0 Å². The van der Waals surface area contributed by atoms with E-state index in [9.17, 15) is 25.2 Å². The van der Waals surface area contributed by atoms with Crippen LogP contribution in [0.4, 0.5) is 0 Å².